The zero-order chi connectivity index (χ0) is 55.3. The summed E-state index contributed by atoms with van der Waals surface area (Å²) in [6.45, 7) is 12.3. The highest BCUT2D eigenvalue weighted by Crippen LogP contribution is 2.34. The molecule has 0 unspecified atom stereocenters. The predicted molar refractivity (Wildman–Crippen MR) is 315 cm³/mol. The van der Waals surface area contributed by atoms with Gasteiger partial charge >= 0.3 is 12.1 Å². The predicted octanol–water partition coefficient (Wildman–Crippen LogP) is 14.6. The molecule has 79 heavy (non-hydrogen) atoms. The van der Waals surface area contributed by atoms with E-state index in [0.717, 1.165) is 128 Å². The van der Waals surface area contributed by atoms with Crippen LogP contribution in [0.5, 0.6) is 0 Å². The van der Waals surface area contributed by atoms with Gasteiger partial charge in [0.2, 0.25) is 0 Å². The lowest BCUT2D eigenvalue weighted by molar-refractivity contribution is -0.191. The molecule has 0 saturated carbocycles. The molecule has 4 aromatic heterocycles. The number of imidazole rings is 4. The molecule has 12 aromatic rings. The van der Waals surface area contributed by atoms with Gasteiger partial charge in [-0.3, -0.25) is 0 Å². The molecule has 0 spiro atoms. The number of benzene rings is 8. The number of hydrogen-bond donors (Lipinski definition) is 1. The van der Waals surface area contributed by atoms with Crippen LogP contribution in [-0.2, 0) is 49.6 Å². The van der Waals surface area contributed by atoms with Crippen molar-refractivity contribution in [1.29, 1.82) is 0 Å². The van der Waals surface area contributed by atoms with E-state index in [-0.39, 0.29) is 6.15 Å². The van der Waals surface area contributed by atoms with Crippen molar-refractivity contribution in [3.05, 3.63) is 215 Å². The first kappa shape index (κ1) is 52.9. The van der Waals surface area contributed by atoms with Crippen LogP contribution in [0.15, 0.2) is 170 Å². The van der Waals surface area contributed by atoms with E-state index in [4.69, 9.17) is 29.5 Å². The molecule has 12 rings (SSSR count). The molecule has 4 heterocycles. The van der Waals surface area contributed by atoms with Crippen molar-refractivity contribution >= 4 is 56.3 Å². The lowest BCUT2D eigenvalue weighted by Gasteiger charge is -2.12. The number of carbonyl (C=O) groups excluding carboxylic acids is 2. The molecule has 0 atom stereocenters. The summed E-state index contributed by atoms with van der Waals surface area (Å²) in [6.07, 6.45) is 4.16. The highest BCUT2D eigenvalue weighted by Gasteiger charge is 2.20. The van der Waals surface area contributed by atoms with Gasteiger partial charge in [-0.2, -0.15) is 9.59 Å². The Morgan fingerprint density at radius 3 is 1.30 bits per heavy atom. The van der Waals surface area contributed by atoms with Crippen molar-refractivity contribution in [2.24, 2.45) is 14.1 Å². The summed E-state index contributed by atoms with van der Waals surface area (Å²) in [6, 6.07) is 58.3. The number of para-hydroxylation sites is 4. The van der Waals surface area contributed by atoms with Crippen molar-refractivity contribution < 1.29 is 19.5 Å². The second kappa shape index (κ2) is 23.0. The molecule has 394 valence electrons. The van der Waals surface area contributed by atoms with Gasteiger partial charge in [0.15, 0.2) is 0 Å². The number of rotatable bonds is 13. The third-order valence-electron chi connectivity index (χ3n) is 14.8. The number of carbonyl (C=O) groups is 1. The monoisotopic (exact) mass is 1040 g/mol. The molecular weight excluding hydrogens is 981 g/mol. The summed E-state index contributed by atoms with van der Waals surface area (Å²) < 4.78 is 9.06. The van der Waals surface area contributed by atoms with Crippen LogP contribution in [0.3, 0.4) is 0 Å². The van der Waals surface area contributed by atoms with E-state index >= 15 is 0 Å². The summed E-state index contributed by atoms with van der Waals surface area (Å²) in [5, 5.41) is 9.60. The van der Waals surface area contributed by atoms with E-state index in [2.05, 4.69) is 176 Å². The van der Waals surface area contributed by atoms with Crippen LogP contribution < -0.4 is 0 Å². The topological polar surface area (TPSA) is 143 Å². The molecule has 0 bridgehead atoms. The Bertz CT molecular complexity index is 4230. The van der Waals surface area contributed by atoms with E-state index in [1.807, 2.05) is 48.5 Å². The van der Waals surface area contributed by atoms with Crippen molar-refractivity contribution in [1.82, 2.24) is 38.2 Å². The average Bonchev–Trinajstić information content (AvgIpc) is 4.36. The van der Waals surface area contributed by atoms with Gasteiger partial charge < -0.3 is 23.4 Å². The third-order valence-corrected chi connectivity index (χ3v) is 14.8. The maximum atomic E-state index is 11.7. The van der Waals surface area contributed by atoms with E-state index in [1.54, 1.807) is 12.1 Å². The number of aryl methyl sites for hydroxylation is 7. The quantitative estimate of drug-likeness (QED) is 0.120. The lowest BCUT2D eigenvalue weighted by atomic mass is 9.98. The Labute approximate surface area is 459 Å². The summed E-state index contributed by atoms with van der Waals surface area (Å²) in [5.74, 6) is 3.21. The standard InChI is InChI=1S/C33H30N4O2.C33H32N4.CO2/c1-4-9-30-35-31-21(2)18-24(32-34-27-12-7-8-13-28(27)36(32)3)19-29(31)37(30)20-22-14-16-23(17-15-22)25-10-5-6-11-26(25)33(38)39;1-5-10-31-35-32-23(3)19-26(33-34-28-13-8-9-14-29(28)36(33)4)20-30(32)37(31)21-24-15-17-25(18-16-24)27-12-7-6-11-22(27)2;2-1-3/h5-8,10-19H,4,9,20H2,1-3H3,(H,38,39);6-9,11-20H,5,10,21H2,1-4H3;. The van der Waals surface area contributed by atoms with Crippen LogP contribution in [0, 0.1) is 20.8 Å². The van der Waals surface area contributed by atoms with Crippen LogP contribution >= 0.6 is 0 Å². The molecule has 0 fully saturated rings. The fourth-order valence-corrected chi connectivity index (χ4v) is 10.9. The molecule has 0 aliphatic carbocycles. The summed E-state index contributed by atoms with van der Waals surface area (Å²) in [4.78, 5) is 48.0. The Morgan fingerprint density at radius 2 is 0.873 bits per heavy atom. The molecule has 0 amide bonds. The Kier molecular flexibility index (Phi) is 15.4. The summed E-state index contributed by atoms with van der Waals surface area (Å²) >= 11 is 0. The number of carboxylic acids is 1. The first-order valence-corrected chi connectivity index (χ1v) is 26.8. The fraction of sp³-hybridized carbons (Fsp3) is 0.194. The number of carboxylic acid groups (broad SMARTS) is 1. The molecule has 12 heteroatoms. The number of hydrogen-bond acceptors (Lipinski definition) is 7. The van der Waals surface area contributed by atoms with Crippen molar-refractivity contribution in [3.8, 4) is 45.0 Å². The Hall–Kier alpha value is -9.51. The minimum atomic E-state index is -0.921. The summed E-state index contributed by atoms with van der Waals surface area (Å²) in [7, 11) is 4.16. The Balaban J connectivity index is 0.000000170. The number of aromatic nitrogens is 8. The highest BCUT2D eigenvalue weighted by atomic mass is 16.4. The molecule has 0 aliphatic heterocycles. The molecule has 0 saturated heterocycles. The van der Waals surface area contributed by atoms with Gasteiger partial charge in [0, 0.05) is 51.2 Å². The largest absolute Gasteiger partial charge is 0.478 e. The van der Waals surface area contributed by atoms with Gasteiger partial charge in [0.1, 0.15) is 23.3 Å². The second-order valence-electron chi connectivity index (χ2n) is 20.2. The van der Waals surface area contributed by atoms with Gasteiger partial charge in [0.25, 0.3) is 0 Å². The van der Waals surface area contributed by atoms with Gasteiger partial charge in [-0.05, 0) is 138 Å². The molecule has 8 aromatic carbocycles. The van der Waals surface area contributed by atoms with E-state index < -0.39 is 5.97 Å². The van der Waals surface area contributed by atoms with Gasteiger partial charge in [0.05, 0.1) is 49.7 Å². The second-order valence-corrected chi connectivity index (χ2v) is 20.2. The van der Waals surface area contributed by atoms with Crippen LogP contribution in [0.25, 0.3) is 89.2 Å². The first-order chi connectivity index (χ1) is 38.4. The van der Waals surface area contributed by atoms with Crippen LogP contribution in [0.1, 0.15) is 76.5 Å². The van der Waals surface area contributed by atoms with Crippen LogP contribution in [0.2, 0.25) is 0 Å². The molecule has 12 nitrogen and oxygen atoms in total. The number of fused-ring (bicyclic) bond motifs is 4. The molecule has 0 radical (unpaired) electrons. The fourth-order valence-electron chi connectivity index (χ4n) is 10.9. The highest BCUT2D eigenvalue weighted by molar-refractivity contribution is 5.96. The zero-order valence-electron chi connectivity index (χ0n) is 45.7. The van der Waals surface area contributed by atoms with Crippen molar-refractivity contribution in [2.45, 2.75) is 73.4 Å². The van der Waals surface area contributed by atoms with Gasteiger partial charge in [-0.25, -0.2) is 24.7 Å². The average molecular weight is 1040 g/mol. The molecule has 1 N–H and O–H groups in total. The molecular formula is C67H62N8O4. The van der Waals surface area contributed by atoms with Crippen molar-refractivity contribution in [3.63, 3.8) is 0 Å². The normalized spacial score (nSPS) is 11.2. The first-order valence-electron chi connectivity index (χ1n) is 26.8. The maximum absolute atomic E-state index is 11.7. The van der Waals surface area contributed by atoms with Crippen molar-refractivity contribution in [2.75, 3.05) is 0 Å². The number of nitrogens with zero attached hydrogens (tertiary/aromatic N) is 8. The third kappa shape index (κ3) is 10.7. The Morgan fingerprint density at radius 1 is 0.468 bits per heavy atom. The smallest absolute Gasteiger partial charge is 0.373 e. The summed E-state index contributed by atoms with van der Waals surface area (Å²) in [5.41, 5.74) is 21.3. The van der Waals surface area contributed by atoms with E-state index in [0.29, 0.717) is 12.1 Å². The number of aromatic carboxylic acids is 1. The van der Waals surface area contributed by atoms with Gasteiger partial charge in [-0.15, -0.1) is 0 Å². The van der Waals surface area contributed by atoms with Gasteiger partial charge in [-0.1, -0.05) is 129 Å². The van der Waals surface area contributed by atoms with Crippen LogP contribution in [0.4, 0.5) is 0 Å². The van der Waals surface area contributed by atoms with Crippen LogP contribution in [-0.4, -0.2) is 55.4 Å². The lowest BCUT2D eigenvalue weighted by Crippen LogP contribution is -2.05. The minimum absolute atomic E-state index is 0.250. The molecule has 0 aliphatic rings. The SMILES string of the molecule is CCCc1nc2c(C)cc(-c3nc4ccccc4n3C)cc2n1Cc1ccc(-c2ccccc2C(=O)O)cc1.CCCc1nc2c(C)cc(-c3nc4ccccc4n3C)cc2n1Cc1ccc(-c2ccccc2C)cc1.O=C=O. The minimum Gasteiger partial charge on any atom is -0.478 e. The van der Waals surface area contributed by atoms with E-state index in [9.17, 15) is 9.90 Å². The van der Waals surface area contributed by atoms with E-state index in [1.165, 1.54) is 33.3 Å². The maximum Gasteiger partial charge on any atom is 0.373 e. The zero-order valence-corrected chi connectivity index (χ0v) is 45.7.